The Hall–Kier alpha value is -3.36. The number of anilines is 1. The van der Waals surface area contributed by atoms with Gasteiger partial charge in [0.15, 0.2) is 12.4 Å². The molecule has 1 aliphatic rings. The molecule has 3 amide bonds. The topological polar surface area (TPSA) is 139 Å². The van der Waals surface area contributed by atoms with Crippen LogP contribution in [0.3, 0.4) is 0 Å². The maximum Gasteiger partial charge on any atom is 0.267 e. The Morgan fingerprint density at radius 2 is 1.96 bits per heavy atom. The average molecular weight is 385 g/mol. The smallest absolute Gasteiger partial charge is 0.267 e. The second-order valence-corrected chi connectivity index (χ2v) is 7.69. The number of benzene rings is 1. The maximum absolute atomic E-state index is 12.0. The zero-order valence-electron chi connectivity index (χ0n) is 16.0. The molecule has 0 radical (unpaired) electrons. The summed E-state index contributed by atoms with van der Waals surface area (Å²) in [4.78, 5) is 35.5. The molecule has 9 heteroatoms. The Morgan fingerprint density at radius 3 is 2.57 bits per heavy atom. The highest BCUT2D eigenvalue weighted by Crippen LogP contribution is 2.38. The van der Waals surface area contributed by atoms with E-state index in [0.717, 1.165) is 5.56 Å². The van der Waals surface area contributed by atoms with Gasteiger partial charge < -0.3 is 21.1 Å². The molecule has 148 valence electrons. The van der Waals surface area contributed by atoms with Gasteiger partial charge in [-0.1, -0.05) is 12.1 Å². The number of nitrogens with zero attached hydrogens (tertiary/aromatic N) is 1. The van der Waals surface area contributed by atoms with Gasteiger partial charge in [0, 0.05) is 23.4 Å². The Bertz CT molecular complexity index is 911. The molecule has 3 rings (SSSR count). The number of amides is 3. The third kappa shape index (κ3) is 4.30. The minimum absolute atomic E-state index is 0.0971. The second-order valence-electron chi connectivity index (χ2n) is 7.69. The number of rotatable bonds is 5. The summed E-state index contributed by atoms with van der Waals surface area (Å²) in [7, 11) is 0. The number of primary amides is 1. The lowest BCUT2D eigenvalue weighted by Gasteiger charge is -2.23. The molecule has 1 atom stereocenters. The van der Waals surface area contributed by atoms with E-state index in [2.05, 4.69) is 20.8 Å². The van der Waals surface area contributed by atoms with Gasteiger partial charge in [0.05, 0.1) is 0 Å². The lowest BCUT2D eigenvalue weighted by molar-refractivity contribution is -0.124. The van der Waals surface area contributed by atoms with Gasteiger partial charge in [-0.25, -0.2) is 0 Å². The van der Waals surface area contributed by atoms with Crippen LogP contribution in [-0.2, 0) is 9.59 Å². The van der Waals surface area contributed by atoms with E-state index in [4.69, 9.17) is 10.5 Å². The molecule has 5 N–H and O–H groups in total. The first-order chi connectivity index (χ1) is 13.1. The van der Waals surface area contributed by atoms with E-state index in [0.29, 0.717) is 17.1 Å². The van der Waals surface area contributed by atoms with E-state index in [1.807, 2.05) is 20.8 Å². The highest BCUT2D eigenvalue weighted by Gasteiger charge is 2.33. The molecule has 0 aliphatic carbocycles. The van der Waals surface area contributed by atoms with Crippen molar-refractivity contribution in [3.05, 3.63) is 41.1 Å². The number of carbonyl (C=O) groups excluding carboxylic acids is 3. The number of aromatic amines is 1. The second kappa shape index (κ2) is 7.34. The first-order valence-corrected chi connectivity index (χ1v) is 8.86. The van der Waals surface area contributed by atoms with E-state index in [1.54, 1.807) is 24.3 Å². The number of carbonyl (C=O) groups is 3. The monoisotopic (exact) mass is 385 g/mol. The van der Waals surface area contributed by atoms with Crippen molar-refractivity contribution in [1.29, 1.82) is 0 Å². The van der Waals surface area contributed by atoms with Gasteiger partial charge in [-0.2, -0.15) is 5.10 Å². The maximum atomic E-state index is 12.0. The number of fused-ring (bicyclic) bond motifs is 1. The van der Waals surface area contributed by atoms with Crippen molar-refractivity contribution in [3.8, 4) is 5.75 Å². The molecule has 1 aromatic carbocycles. The van der Waals surface area contributed by atoms with Crippen LogP contribution in [0.15, 0.2) is 24.3 Å². The third-order valence-electron chi connectivity index (χ3n) is 4.21. The van der Waals surface area contributed by atoms with Crippen LogP contribution in [-0.4, -0.2) is 40.1 Å². The van der Waals surface area contributed by atoms with E-state index in [1.165, 1.54) is 0 Å². The average Bonchev–Trinajstić information content (AvgIpc) is 3.02. The lowest BCUT2D eigenvalue weighted by Crippen LogP contribution is -2.43. The highest BCUT2D eigenvalue weighted by molar-refractivity contribution is 6.00. The van der Waals surface area contributed by atoms with E-state index >= 15 is 0 Å². The summed E-state index contributed by atoms with van der Waals surface area (Å²) in [5.74, 6) is -0.568. The summed E-state index contributed by atoms with van der Waals surface area (Å²) < 4.78 is 5.51. The lowest BCUT2D eigenvalue weighted by atomic mass is 9.85. The summed E-state index contributed by atoms with van der Waals surface area (Å²) in [6, 6.07) is 7.02. The highest BCUT2D eigenvalue weighted by atomic mass is 16.5. The first kappa shape index (κ1) is 19.4. The number of hydrogen-bond donors (Lipinski definition) is 4. The van der Waals surface area contributed by atoms with Gasteiger partial charge in [0.1, 0.15) is 11.4 Å². The molecule has 0 fully saturated rings. The molecule has 0 bridgehead atoms. The van der Waals surface area contributed by atoms with Gasteiger partial charge in [0.25, 0.3) is 11.8 Å². The number of nitrogens with two attached hydrogens (primary N) is 1. The van der Waals surface area contributed by atoms with Gasteiger partial charge in [0.2, 0.25) is 5.91 Å². The zero-order chi connectivity index (χ0) is 20.5. The molecule has 2 heterocycles. The molecule has 2 aromatic rings. The fraction of sp³-hybridized carbons (Fsp3) is 0.368. The third-order valence-corrected chi connectivity index (χ3v) is 4.21. The SMILES string of the molecule is CC(C)(C)NC(=O)COc1ccc([C@@H]2CC(=O)Nc3n[nH]c(C(N)=O)c32)cc1. The van der Waals surface area contributed by atoms with Crippen molar-refractivity contribution < 1.29 is 19.1 Å². The fourth-order valence-electron chi connectivity index (χ4n) is 3.13. The molecule has 28 heavy (non-hydrogen) atoms. The van der Waals surface area contributed by atoms with Crippen LogP contribution < -0.4 is 21.1 Å². The molecule has 1 aromatic heterocycles. The van der Waals surface area contributed by atoms with Crippen LogP contribution in [0, 0.1) is 0 Å². The van der Waals surface area contributed by atoms with Gasteiger partial charge in [-0.3, -0.25) is 19.5 Å². The number of H-pyrrole nitrogens is 1. The van der Waals surface area contributed by atoms with Crippen molar-refractivity contribution in [2.24, 2.45) is 5.73 Å². The van der Waals surface area contributed by atoms with Crippen molar-refractivity contribution in [2.75, 3.05) is 11.9 Å². The zero-order valence-corrected chi connectivity index (χ0v) is 16.0. The molecule has 1 aliphatic heterocycles. The number of hydrogen-bond acceptors (Lipinski definition) is 5. The number of aromatic nitrogens is 2. The molecule has 0 spiro atoms. The largest absolute Gasteiger partial charge is 0.484 e. The molecule has 0 saturated heterocycles. The van der Waals surface area contributed by atoms with Crippen molar-refractivity contribution in [1.82, 2.24) is 15.5 Å². The summed E-state index contributed by atoms with van der Waals surface area (Å²) in [6.45, 7) is 5.58. The van der Waals surface area contributed by atoms with E-state index < -0.39 is 5.91 Å². The molecule has 9 nitrogen and oxygen atoms in total. The van der Waals surface area contributed by atoms with Crippen LogP contribution in [0.5, 0.6) is 5.75 Å². The minimum atomic E-state index is -0.639. The summed E-state index contributed by atoms with van der Waals surface area (Å²) in [5, 5.41) is 12.0. The normalized spacial score (nSPS) is 16.1. The molecular formula is C19H23N5O4. The van der Waals surface area contributed by atoms with Crippen LogP contribution in [0.1, 0.15) is 54.7 Å². The summed E-state index contributed by atoms with van der Waals surface area (Å²) in [5.41, 5.74) is 6.65. The van der Waals surface area contributed by atoms with Gasteiger partial charge >= 0.3 is 0 Å². The Labute approximate surface area is 162 Å². The van der Waals surface area contributed by atoms with Crippen LogP contribution in [0.25, 0.3) is 0 Å². The van der Waals surface area contributed by atoms with Crippen LogP contribution in [0.4, 0.5) is 5.82 Å². The standard InChI is InChI=1S/C19H23N5O4/c1-19(2,3)22-14(26)9-28-11-6-4-10(5-7-11)12-8-13(25)21-18-15(12)16(17(20)27)23-24-18/h4-7,12H,8-9H2,1-3H3,(H2,20,27)(H,22,26)(H2,21,23,24,25)/t12-/m0/s1. The Balaban J connectivity index is 1.76. The number of ether oxygens (including phenoxy) is 1. The van der Waals surface area contributed by atoms with Gasteiger partial charge in [-0.05, 0) is 38.5 Å². The molecular weight excluding hydrogens is 362 g/mol. The summed E-state index contributed by atoms with van der Waals surface area (Å²) >= 11 is 0. The predicted molar refractivity (Wildman–Crippen MR) is 102 cm³/mol. The van der Waals surface area contributed by atoms with Crippen molar-refractivity contribution in [2.45, 2.75) is 38.6 Å². The molecule has 0 saturated carbocycles. The Morgan fingerprint density at radius 1 is 1.29 bits per heavy atom. The summed E-state index contributed by atoms with van der Waals surface area (Å²) in [6.07, 6.45) is 0.168. The van der Waals surface area contributed by atoms with E-state index in [-0.39, 0.29) is 42.0 Å². The minimum Gasteiger partial charge on any atom is -0.484 e. The van der Waals surface area contributed by atoms with Gasteiger partial charge in [-0.15, -0.1) is 0 Å². The first-order valence-electron chi connectivity index (χ1n) is 8.86. The quantitative estimate of drug-likeness (QED) is 0.614. The predicted octanol–water partition coefficient (Wildman–Crippen LogP) is 1.28. The molecule has 0 unspecified atom stereocenters. The Kier molecular flexibility index (Phi) is 5.08. The van der Waals surface area contributed by atoms with Crippen LogP contribution >= 0.6 is 0 Å². The van der Waals surface area contributed by atoms with Crippen LogP contribution in [0.2, 0.25) is 0 Å². The van der Waals surface area contributed by atoms with E-state index in [9.17, 15) is 14.4 Å². The van der Waals surface area contributed by atoms with Crippen molar-refractivity contribution in [3.63, 3.8) is 0 Å². The van der Waals surface area contributed by atoms with Crippen molar-refractivity contribution >= 4 is 23.5 Å². The number of nitrogens with one attached hydrogen (secondary N) is 3. The fourth-order valence-corrected chi connectivity index (χ4v) is 3.13.